The van der Waals surface area contributed by atoms with Crippen molar-refractivity contribution >= 4 is 37.5 Å². The first kappa shape index (κ1) is 21.4. The number of ether oxygens (including phenoxy) is 2. The average molecular weight is 486 g/mol. The van der Waals surface area contributed by atoms with Crippen molar-refractivity contribution in [3.8, 4) is 11.5 Å². The molecular weight excluding hydrogens is 466 g/mol. The van der Waals surface area contributed by atoms with E-state index in [9.17, 15) is 13.2 Å². The average Bonchev–Trinajstić information content (AvgIpc) is 3.54. The fourth-order valence-corrected chi connectivity index (χ4v) is 5.60. The molecule has 2 aromatic heterocycles. The molecule has 170 valence electrons. The van der Waals surface area contributed by atoms with Crippen LogP contribution in [0.3, 0.4) is 0 Å². The van der Waals surface area contributed by atoms with E-state index in [-0.39, 0.29) is 23.8 Å². The number of carbonyl (C=O) groups excluding carboxylic acids is 1. The number of nitrogens with zero attached hydrogens (tertiary/aromatic N) is 3. The number of thiazole rings is 1. The topological polar surface area (TPSA) is 103 Å². The van der Waals surface area contributed by atoms with Gasteiger partial charge in [-0.25, -0.2) is 8.42 Å². The van der Waals surface area contributed by atoms with Crippen molar-refractivity contribution in [2.45, 2.75) is 11.4 Å². The van der Waals surface area contributed by atoms with E-state index >= 15 is 0 Å². The number of rotatable bonds is 5. The minimum absolute atomic E-state index is 0.0787. The van der Waals surface area contributed by atoms with Gasteiger partial charge < -0.3 is 18.5 Å². The molecule has 4 aromatic rings. The van der Waals surface area contributed by atoms with Gasteiger partial charge in [0.05, 0.1) is 27.9 Å². The predicted octanol–water partition coefficient (Wildman–Crippen LogP) is 3.12. The number of carbonyl (C=O) groups is 1. The number of fused-ring (bicyclic) bond motifs is 2. The van der Waals surface area contributed by atoms with Crippen LogP contribution in [-0.4, -0.2) is 37.0 Å². The zero-order valence-corrected chi connectivity index (χ0v) is 19.4. The third-order valence-electron chi connectivity index (χ3n) is 5.27. The van der Waals surface area contributed by atoms with Crippen LogP contribution >= 0.6 is 11.3 Å². The lowest BCUT2D eigenvalue weighted by atomic mass is 10.2. The quantitative estimate of drug-likeness (QED) is 0.430. The lowest BCUT2D eigenvalue weighted by Crippen LogP contribution is -2.26. The first-order valence-corrected chi connectivity index (χ1v) is 12.2. The van der Waals surface area contributed by atoms with Crippen molar-refractivity contribution in [2.24, 2.45) is 12.0 Å². The van der Waals surface area contributed by atoms with E-state index in [4.69, 9.17) is 13.9 Å². The highest BCUT2D eigenvalue weighted by molar-refractivity contribution is 7.89. The number of hydrogen-bond acceptors (Lipinski definition) is 7. The Kier molecular flexibility index (Phi) is 5.31. The molecule has 33 heavy (non-hydrogen) atoms. The second-order valence-electron chi connectivity index (χ2n) is 7.40. The third kappa shape index (κ3) is 3.94. The van der Waals surface area contributed by atoms with Crippen molar-refractivity contribution in [3.05, 3.63) is 70.9 Å². The second-order valence-corrected chi connectivity index (χ2v) is 10.5. The van der Waals surface area contributed by atoms with Gasteiger partial charge in [-0.2, -0.15) is 9.30 Å². The van der Waals surface area contributed by atoms with Gasteiger partial charge in [0.25, 0.3) is 5.91 Å². The van der Waals surface area contributed by atoms with E-state index in [0.29, 0.717) is 22.1 Å². The van der Waals surface area contributed by atoms with Crippen LogP contribution in [0.4, 0.5) is 0 Å². The second kappa shape index (κ2) is 8.18. The van der Waals surface area contributed by atoms with Gasteiger partial charge in [0, 0.05) is 31.8 Å². The van der Waals surface area contributed by atoms with Gasteiger partial charge in [0.15, 0.2) is 16.3 Å². The van der Waals surface area contributed by atoms with E-state index in [2.05, 4.69) is 4.99 Å². The van der Waals surface area contributed by atoms with Crippen LogP contribution in [0.25, 0.3) is 10.2 Å². The lowest BCUT2D eigenvalue weighted by molar-refractivity contribution is 0.0998. The van der Waals surface area contributed by atoms with Gasteiger partial charge in [0.2, 0.25) is 16.8 Å². The maximum absolute atomic E-state index is 12.8. The zero-order chi connectivity index (χ0) is 23.2. The van der Waals surface area contributed by atoms with E-state index < -0.39 is 15.9 Å². The number of hydrogen-bond donors (Lipinski definition) is 0. The normalized spacial score (nSPS) is 13.8. The highest BCUT2D eigenvalue weighted by Crippen LogP contribution is 2.36. The maximum atomic E-state index is 12.8. The summed E-state index contributed by atoms with van der Waals surface area (Å²) in [4.78, 5) is 17.6. The molecule has 0 radical (unpaired) electrons. The Hall–Kier alpha value is -3.41. The summed E-state index contributed by atoms with van der Waals surface area (Å²) < 4.78 is 45.6. The minimum atomic E-state index is -3.74. The monoisotopic (exact) mass is 485 g/mol. The van der Waals surface area contributed by atoms with Crippen LogP contribution in [0.15, 0.2) is 69.1 Å². The van der Waals surface area contributed by atoms with Gasteiger partial charge in [-0.15, -0.1) is 0 Å². The Morgan fingerprint density at radius 1 is 1.15 bits per heavy atom. The lowest BCUT2D eigenvalue weighted by Gasteiger charge is -2.16. The number of sulfonamides is 1. The smallest absolute Gasteiger partial charge is 0.279 e. The molecule has 0 saturated carbocycles. The van der Waals surface area contributed by atoms with Crippen LogP contribution in [-0.2, 0) is 23.6 Å². The molecule has 9 nitrogen and oxygen atoms in total. The highest BCUT2D eigenvalue weighted by Gasteiger charge is 2.22. The Bertz CT molecular complexity index is 1520. The SMILES string of the molecule is CN(Cc1ccco1)S(=O)(=O)c1ccc(C(=O)N=c2sc3cc4c(cc3n2C)OCO4)cc1. The molecule has 11 heteroatoms. The number of furan rings is 1. The molecular formula is C22H19N3O6S2. The van der Waals surface area contributed by atoms with Gasteiger partial charge in [0.1, 0.15) is 5.76 Å². The summed E-state index contributed by atoms with van der Waals surface area (Å²) in [5.41, 5.74) is 1.16. The number of aryl methyl sites for hydroxylation is 1. The first-order chi connectivity index (χ1) is 15.8. The summed E-state index contributed by atoms with van der Waals surface area (Å²) >= 11 is 1.35. The molecule has 2 aromatic carbocycles. The van der Waals surface area contributed by atoms with Crippen LogP contribution in [0.1, 0.15) is 16.1 Å². The number of benzene rings is 2. The van der Waals surface area contributed by atoms with Crippen LogP contribution < -0.4 is 14.3 Å². The molecule has 1 aliphatic heterocycles. The van der Waals surface area contributed by atoms with Crippen molar-refractivity contribution < 1.29 is 27.1 Å². The molecule has 5 rings (SSSR count). The Labute approximate surface area is 193 Å². The van der Waals surface area contributed by atoms with Gasteiger partial charge >= 0.3 is 0 Å². The molecule has 3 heterocycles. The van der Waals surface area contributed by atoms with Crippen LogP contribution in [0.5, 0.6) is 11.5 Å². The van der Waals surface area contributed by atoms with Gasteiger partial charge in [-0.05, 0) is 36.4 Å². The predicted molar refractivity (Wildman–Crippen MR) is 121 cm³/mol. The van der Waals surface area contributed by atoms with Crippen LogP contribution in [0, 0.1) is 0 Å². The fraction of sp³-hybridized carbons (Fsp3) is 0.182. The van der Waals surface area contributed by atoms with E-state index in [1.165, 1.54) is 53.2 Å². The van der Waals surface area contributed by atoms with Gasteiger partial charge in [-0.3, -0.25) is 4.79 Å². The Balaban J connectivity index is 1.40. The van der Waals surface area contributed by atoms with Crippen molar-refractivity contribution in [2.75, 3.05) is 13.8 Å². The van der Waals surface area contributed by atoms with E-state index in [0.717, 1.165) is 10.2 Å². The Morgan fingerprint density at radius 2 is 1.88 bits per heavy atom. The Morgan fingerprint density at radius 3 is 2.58 bits per heavy atom. The number of amides is 1. The van der Waals surface area contributed by atoms with Crippen molar-refractivity contribution in [1.29, 1.82) is 0 Å². The maximum Gasteiger partial charge on any atom is 0.279 e. The summed E-state index contributed by atoms with van der Waals surface area (Å²) in [6.45, 7) is 0.295. The fourth-order valence-electron chi connectivity index (χ4n) is 3.43. The van der Waals surface area contributed by atoms with E-state index in [1.807, 2.05) is 23.7 Å². The zero-order valence-electron chi connectivity index (χ0n) is 17.7. The molecule has 0 N–H and O–H groups in total. The molecule has 0 aliphatic carbocycles. The summed E-state index contributed by atoms with van der Waals surface area (Å²) in [6, 6.07) is 12.9. The van der Waals surface area contributed by atoms with E-state index in [1.54, 1.807) is 12.1 Å². The molecule has 0 spiro atoms. The molecule has 0 bridgehead atoms. The molecule has 0 atom stereocenters. The highest BCUT2D eigenvalue weighted by atomic mass is 32.2. The molecule has 1 aliphatic rings. The molecule has 1 amide bonds. The van der Waals surface area contributed by atoms with Gasteiger partial charge in [-0.1, -0.05) is 11.3 Å². The number of aromatic nitrogens is 1. The summed E-state index contributed by atoms with van der Waals surface area (Å²) in [7, 11) is -0.451. The largest absolute Gasteiger partial charge is 0.468 e. The van der Waals surface area contributed by atoms with Crippen molar-refractivity contribution in [1.82, 2.24) is 8.87 Å². The first-order valence-electron chi connectivity index (χ1n) is 9.90. The summed E-state index contributed by atoms with van der Waals surface area (Å²) in [6.07, 6.45) is 1.49. The minimum Gasteiger partial charge on any atom is -0.468 e. The van der Waals surface area contributed by atoms with Crippen molar-refractivity contribution in [3.63, 3.8) is 0 Å². The molecule has 0 saturated heterocycles. The molecule has 0 unspecified atom stereocenters. The third-order valence-corrected chi connectivity index (χ3v) is 8.18. The summed E-state index contributed by atoms with van der Waals surface area (Å²) in [5.74, 6) is 1.38. The van der Waals surface area contributed by atoms with Crippen LogP contribution in [0.2, 0.25) is 0 Å². The molecule has 0 fully saturated rings. The standard InChI is InChI=1S/C22H19N3O6S2/c1-24(12-15-4-3-9-29-15)33(27,28)16-7-5-14(6-8-16)21(26)23-22-25(2)17-10-18-19(31-13-30-18)11-20(17)32-22/h3-11H,12-13H2,1-2H3. The summed E-state index contributed by atoms with van der Waals surface area (Å²) in [5, 5.41) is 0.